The summed E-state index contributed by atoms with van der Waals surface area (Å²) in [5.74, 6) is 1.75. The molecule has 0 aromatic heterocycles. The van der Waals surface area contributed by atoms with Gasteiger partial charge in [0.15, 0.2) is 0 Å². The standard InChI is InChI=1S/C17H20BrNO2/c1-12(13-8-9-17(21-3)15(18)10-13)19-11-14-6-4-5-7-16(14)20-2/h4-10,12,19H,11H2,1-3H3. The second-order valence-electron chi connectivity index (χ2n) is 4.81. The molecule has 1 N–H and O–H groups in total. The topological polar surface area (TPSA) is 30.5 Å². The molecular weight excluding hydrogens is 330 g/mol. The zero-order chi connectivity index (χ0) is 15.2. The van der Waals surface area contributed by atoms with Crippen LogP contribution in [0.15, 0.2) is 46.9 Å². The van der Waals surface area contributed by atoms with Crippen molar-refractivity contribution < 1.29 is 9.47 Å². The van der Waals surface area contributed by atoms with Crippen molar-refractivity contribution >= 4 is 15.9 Å². The molecule has 21 heavy (non-hydrogen) atoms. The molecule has 0 saturated carbocycles. The van der Waals surface area contributed by atoms with E-state index in [9.17, 15) is 0 Å². The fraction of sp³-hybridized carbons (Fsp3) is 0.294. The van der Waals surface area contributed by atoms with Gasteiger partial charge < -0.3 is 14.8 Å². The summed E-state index contributed by atoms with van der Waals surface area (Å²) in [4.78, 5) is 0. The molecule has 0 aliphatic carbocycles. The SMILES string of the molecule is COc1ccc(C(C)NCc2ccccc2OC)cc1Br. The minimum atomic E-state index is 0.233. The Balaban J connectivity index is 2.04. The van der Waals surface area contributed by atoms with Crippen molar-refractivity contribution in [1.82, 2.24) is 5.32 Å². The van der Waals surface area contributed by atoms with Crippen LogP contribution in [0.25, 0.3) is 0 Å². The summed E-state index contributed by atoms with van der Waals surface area (Å²) in [6.07, 6.45) is 0. The molecule has 2 aromatic carbocycles. The molecule has 0 heterocycles. The largest absolute Gasteiger partial charge is 0.496 e. The van der Waals surface area contributed by atoms with Gasteiger partial charge in [0.1, 0.15) is 11.5 Å². The highest BCUT2D eigenvalue weighted by Gasteiger charge is 2.09. The summed E-state index contributed by atoms with van der Waals surface area (Å²) in [7, 11) is 3.37. The predicted octanol–water partition coefficient (Wildman–Crippen LogP) is 4.32. The average Bonchev–Trinajstić information content (AvgIpc) is 2.52. The maximum atomic E-state index is 5.37. The summed E-state index contributed by atoms with van der Waals surface area (Å²) >= 11 is 3.52. The van der Waals surface area contributed by atoms with Gasteiger partial charge in [0, 0.05) is 18.2 Å². The first-order valence-electron chi connectivity index (χ1n) is 6.84. The lowest BCUT2D eigenvalue weighted by Gasteiger charge is -2.17. The average molecular weight is 350 g/mol. The first-order valence-corrected chi connectivity index (χ1v) is 7.63. The number of ether oxygens (including phenoxy) is 2. The minimum absolute atomic E-state index is 0.233. The van der Waals surface area contributed by atoms with E-state index in [-0.39, 0.29) is 6.04 Å². The molecule has 0 radical (unpaired) electrons. The van der Waals surface area contributed by atoms with Gasteiger partial charge in [0.05, 0.1) is 18.7 Å². The van der Waals surface area contributed by atoms with Crippen molar-refractivity contribution in [1.29, 1.82) is 0 Å². The molecule has 0 spiro atoms. The van der Waals surface area contributed by atoms with E-state index in [1.807, 2.05) is 24.3 Å². The van der Waals surface area contributed by atoms with E-state index in [1.54, 1.807) is 14.2 Å². The summed E-state index contributed by atoms with van der Waals surface area (Å²) in [6, 6.07) is 14.4. The van der Waals surface area contributed by atoms with Crippen LogP contribution in [-0.4, -0.2) is 14.2 Å². The molecule has 0 bridgehead atoms. The van der Waals surface area contributed by atoms with Gasteiger partial charge in [-0.2, -0.15) is 0 Å². The van der Waals surface area contributed by atoms with Gasteiger partial charge in [-0.15, -0.1) is 0 Å². The number of hydrogen-bond acceptors (Lipinski definition) is 3. The van der Waals surface area contributed by atoms with Crippen LogP contribution in [0, 0.1) is 0 Å². The maximum Gasteiger partial charge on any atom is 0.133 e. The van der Waals surface area contributed by atoms with Crippen molar-refractivity contribution in [2.75, 3.05) is 14.2 Å². The number of hydrogen-bond donors (Lipinski definition) is 1. The van der Waals surface area contributed by atoms with Crippen LogP contribution in [0.3, 0.4) is 0 Å². The Kier molecular flexibility index (Phi) is 5.65. The Morgan fingerprint density at radius 2 is 1.76 bits per heavy atom. The van der Waals surface area contributed by atoms with Gasteiger partial charge in [-0.05, 0) is 46.6 Å². The van der Waals surface area contributed by atoms with Crippen LogP contribution in [0.1, 0.15) is 24.1 Å². The molecule has 112 valence electrons. The molecule has 1 atom stereocenters. The molecule has 0 aliphatic rings. The van der Waals surface area contributed by atoms with Gasteiger partial charge >= 0.3 is 0 Å². The third-order valence-corrected chi connectivity index (χ3v) is 4.09. The van der Waals surface area contributed by atoms with E-state index in [4.69, 9.17) is 9.47 Å². The Hall–Kier alpha value is -1.52. The van der Waals surface area contributed by atoms with Crippen LogP contribution in [0.2, 0.25) is 0 Å². The molecule has 3 nitrogen and oxygen atoms in total. The number of para-hydroxylation sites is 1. The summed E-state index contributed by atoms with van der Waals surface area (Å²) in [6.45, 7) is 2.90. The van der Waals surface area contributed by atoms with Crippen molar-refractivity contribution in [2.45, 2.75) is 19.5 Å². The van der Waals surface area contributed by atoms with Gasteiger partial charge in [-0.25, -0.2) is 0 Å². The third kappa shape index (κ3) is 3.99. The molecule has 0 aliphatic heterocycles. The lowest BCUT2D eigenvalue weighted by Crippen LogP contribution is -2.18. The van der Waals surface area contributed by atoms with Crippen molar-refractivity contribution in [2.24, 2.45) is 0 Å². The fourth-order valence-corrected chi connectivity index (χ4v) is 2.74. The number of benzene rings is 2. The van der Waals surface area contributed by atoms with Crippen LogP contribution in [-0.2, 0) is 6.54 Å². The number of nitrogens with one attached hydrogen (secondary N) is 1. The van der Waals surface area contributed by atoms with Crippen LogP contribution < -0.4 is 14.8 Å². The Labute approximate surface area is 134 Å². The fourth-order valence-electron chi connectivity index (χ4n) is 2.18. The highest BCUT2D eigenvalue weighted by molar-refractivity contribution is 9.10. The van der Waals surface area contributed by atoms with Crippen molar-refractivity contribution in [3.05, 3.63) is 58.1 Å². The molecule has 1 unspecified atom stereocenters. The predicted molar refractivity (Wildman–Crippen MR) is 88.9 cm³/mol. The second-order valence-corrected chi connectivity index (χ2v) is 5.66. The Bertz CT molecular complexity index is 601. The van der Waals surface area contributed by atoms with Gasteiger partial charge in [-0.1, -0.05) is 24.3 Å². The smallest absolute Gasteiger partial charge is 0.133 e. The Morgan fingerprint density at radius 3 is 2.43 bits per heavy atom. The minimum Gasteiger partial charge on any atom is -0.496 e. The normalized spacial score (nSPS) is 12.0. The lowest BCUT2D eigenvalue weighted by atomic mass is 10.1. The maximum absolute atomic E-state index is 5.37. The van der Waals surface area contributed by atoms with E-state index >= 15 is 0 Å². The van der Waals surface area contributed by atoms with Crippen molar-refractivity contribution in [3.8, 4) is 11.5 Å². The van der Waals surface area contributed by atoms with Crippen molar-refractivity contribution in [3.63, 3.8) is 0 Å². The van der Waals surface area contributed by atoms with E-state index in [1.165, 1.54) is 5.56 Å². The molecule has 4 heteroatoms. The van der Waals surface area contributed by atoms with E-state index < -0.39 is 0 Å². The molecule has 0 amide bonds. The number of halogens is 1. The molecule has 2 aromatic rings. The highest BCUT2D eigenvalue weighted by atomic mass is 79.9. The van der Waals surface area contributed by atoms with E-state index in [2.05, 4.69) is 46.4 Å². The molecular formula is C17H20BrNO2. The summed E-state index contributed by atoms with van der Waals surface area (Å²) in [5, 5.41) is 3.51. The summed E-state index contributed by atoms with van der Waals surface area (Å²) < 4.78 is 11.6. The van der Waals surface area contributed by atoms with Gasteiger partial charge in [0.2, 0.25) is 0 Å². The molecule has 2 rings (SSSR count). The Morgan fingerprint density at radius 1 is 1.05 bits per heavy atom. The monoisotopic (exact) mass is 349 g/mol. The molecule has 0 fully saturated rings. The number of methoxy groups -OCH3 is 2. The van der Waals surface area contributed by atoms with Crippen LogP contribution in [0.4, 0.5) is 0 Å². The second kappa shape index (κ2) is 7.48. The van der Waals surface area contributed by atoms with E-state index in [0.717, 1.165) is 28.1 Å². The van der Waals surface area contributed by atoms with Crippen LogP contribution >= 0.6 is 15.9 Å². The van der Waals surface area contributed by atoms with E-state index in [0.29, 0.717) is 0 Å². The first kappa shape index (κ1) is 15.9. The third-order valence-electron chi connectivity index (χ3n) is 3.47. The zero-order valence-electron chi connectivity index (χ0n) is 12.5. The quantitative estimate of drug-likeness (QED) is 0.842. The lowest BCUT2D eigenvalue weighted by molar-refractivity contribution is 0.406. The highest BCUT2D eigenvalue weighted by Crippen LogP contribution is 2.28. The van der Waals surface area contributed by atoms with Gasteiger partial charge in [0.25, 0.3) is 0 Å². The zero-order valence-corrected chi connectivity index (χ0v) is 14.1. The first-order chi connectivity index (χ1) is 10.2. The molecule has 0 saturated heterocycles. The van der Waals surface area contributed by atoms with Crippen LogP contribution in [0.5, 0.6) is 11.5 Å². The summed E-state index contributed by atoms with van der Waals surface area (Å²) in [5.41, 5.74) is 2.36. The van der Waals surface area contributed by atoms with Gasteiger partial charge in [-0.3, -0.25) is 0 Å². The number of rotatable bonds is 6.